The maximum absolute atomic E-state index is 11.3. The molecule has 0 saturated heterocycles. The summed E-state index contributed by atoms with van der Waals surface area (Å²) in [7, 11) is 0. The predicted octanol–water partition coefficient (Wildman–Crippen LogP) is -1.44. The molecule has 0 spiro atoms. The molecule has 0 saturated carbocycles. The number of amides is 2. The number of primary amides is 1. The normalized spacial score (nSPS) is 13.9. The van der Waals surface area contributed by atoms with Gasteiger partial charge in [0.15, 0.2) is 0 Å². The van der Waals surface area contributed by atoms with E-state index in [-0.39, 0.29) is 12.5 Å². The summed E-state index contributed by atoms with van der Waals surface area (Å²) in [5.41, 5.74) is 10.3. The Morgan fingerprint density at radius 1 is 1.38 bits per heavy atom. The van der Waals surface area contributed by atoms with Crippen molar-refractivity contribution in [3.8, 4) is 0 Å². The standard InChI is InChI=1S/C9H17N3O4/c1-5(10)2-3-8(14)12-6(9(15)16)4-7(11)13/h5-6H,2-4,10H2,1H3,(H2,11,13)(H,12,14)(H,15,16). The number of carboxylic acid groups (broad SMARTS) is 1. The van der Waals surface area contributed by atoms with E-state index < -0.39 is 30.2 Å². The van der Waals surface area contributed by atoms with E-state index in [1.54, 1.807) is 6.92 Å². The molecule has 0 aromatic heterocycles. The number of carboxylic acids is 1. The molecule has 2 amide bonds. The minimum absolute atomic E-state index is 0.125. The summed E-state index contributed by atoms with van der Waals surface area (Å²) in [5.74, 6) is -2.52. The summed E-state index contributed by atoms with van der Waals surface area (Å²) in [6, 6.07) is -1.40. The van der Waals surface area contributed by atoms with Gasteiger partial charge in [-0.25, -0.2) is 4.79 Å². The number of carbonyl (C=O) groups excluding carboxylic acids is 2. The van der Waals surface area contributed by atoms with Crippen molar-refractivity contribution in [2.24, 2.45) is 11.5 Å². The first-order valence-corrected chi connectivity index (χ1v) is 4.89. The molecule has 92 valence electrons. The van der Waals surface area contributed by atoms with Crippen molar-refractivity contribution in [2.45, 2.75) is 38.3 Å². The van der Waals surface area contributed by atoms with Crippen LogP contribution in [-0.2, 0) is 14.4 Å². The number of nitrogens with two attached hydrogens (primary N) is 2. The fourth-order valence-corrected chi connectivity index (χ4v) is 1.03. The lowest BCUT2D eigenvalue weighted by molar-refractivity contribution is -0.143. The highest BCUT2D eigenvalue weighted by atomic mass is 16.4. The van der Waals surface area contributed by atoms with Crippen LogP contribution in [-0.4, -0.2) is 35.0 Å². The smallest absolute Gasteiger partial charge is 0.326 e. The van der Waals surface area contributed by atoms with E-state index in [2.05, 4.69) is 5.32 Å². The van der Waals surface area contributed by atoms with Gasteiger partial charge in [0.05, 0.1) is 6.42 Å². The Hall–Kier alpha value is -1.63. The Kier molecular flexibility index (Phi) is 6.09. The number of rotatable bonds is 7. The van der Waals surface area contributed by atoms with Gasteiger partial charge >= 0.3 is 5.97 Å². The van der Waals surface area contributed by atoms with Gasteiger partial charge in [-0.15, -0.1) is 0 Å². The third-order valence-corrected chi connectivity index (χ3v) is 1.87. The number of hydrogen-bond acceptors (Lipinski definition) is 4. The zero-order valence-electron chi connectivity index (χ0n) is 9.10. The monoisotopic (exact) mass is 231 g/mol. The highest BCUT2D eigenvalue weighted by molar-refractivity contribution is 5.88. The second-order valence-corrected chi connectivity index (χ2v) is 3.64. The topological polar surface area (TPSA) is 136 Å². The van der Waals surface area contributed by atoms with Crippen molar-refractivity contribution < 1.29 is 19.5 Å². The second-order valence-electron chi connectivity index (χ2n) is 3.64. The molecule has 2 atom stereocenters. The molecule has 0 aromatic carbocycles. The molecule has 0 rings (SSSR count). The van der Waals surface area contributed by atoms with Gasteiger partial charge in [-0.3, -0.25) is 9.59 Å². The molecule has 0 aliphatic carbocycles. The third kappa shape index (κ3) is 6.77. The zero-order valence-corrected chi connectivity index (χ0v) is 9.10. The number of nitrogens with one attached hydrogen (secondary N) is 1. The Morgan fingerprint density at radius 3 is 2.31 bits per heavy atom. The van der Waals surface area contributed by atoms with Crippen LogP contribution in [0.15, 0.2) is 0 Å². The Balaban J connectivity index is 4.13. The number of aliphatic carboxylic acids is 1. The van der Waals surface area contributed by atoms with Crippen LogP contribution in [0.4, 0.5) is 0 Å². The first kappa shape index (κ1) is 14.4. The maximum atomic E-state index is 11.3. The quantitative estimate of drug-likeness (QED) is 0.425. The van der Waals surface area contributed by atoms with Crippen LogP contribution >= 0.6 is 0 Å². The van der Waals surface area contributed by atoms with E-state index in [0.29, 0.717) is 6.42 Å². The molecule has 0 aliphatic heterocycles. The van der Waals surface area contributed by atoms with E-state index in [9.17, 15) is 14.4 Å². The van der Waals surface area contributed by atoms with Crippen molar-refractivity contribution in [1.82, 2.24) is 5.32 Å². The van der Waals surface area contributed by atoms with Crippen LogP contribution in [0, 0.1) is 0 Å². The van der Waals surface area contributed by atoms with Gasteiger partial charge in [0.25, 0.3) is 0 Å². The fourth-order valence-electron chi connectivity index (χ4n) is 1.03. The minimum Gasteiger partial charge on any atom is -0.480 e. The first-order valence-electron chi connectivity index (χ1n) is 4.89. The van der Waals surface area contributed by atoms with E-state index >= 15 is 0 Å². The zero-order chi connectivity index (χ0) is 12.7. The van der Waals surface area contributed by atoms with Crippen molar-refractivity contribution in [2.75, 3.05) is 0 Å². The molecule has 16 heavy (non-hydrogen) atoms. The highest BCUT2D eigenvalue weighted by Gasteiger charge is 2.21. The SMILES string of the molecule is CC(N)CCC(=O)NC(CC(N)=O)C(=O)O. The summed E-state index contributed by atoms with van der Waals surface area (Å²) in [5, 5.41) is 10.9. The van der Waals surface area contributed by atoms with Gasteiger partial charge in [0, 0.05) is 12.5 Å². The summed E-state index contributed by atoms with van der Waals surface area (Å²) in [6.07, 6.45) is 0.161. The Labute approximate surface area is 93.2 Å². The first-order chi connectivity index (χ1) is 7.32. The molecular weight excluding hydrogens is 214 g/mol. The van der Waals surface area contributed by atoms with E-state index in [1.807, 2.05) is 0 Å². The molecule has 7 heteroatoms. The summed E-state index contributed by atoms with van der Waals surface area (Å²) in [6.45, 7) is 1.74. The lowest BCUT2D eigenvalue weighted by atomic mass is 10.1. The van der Waals surface area contributed by atoms with Crippen LogP contribution in [0.2, 0.25) is 0 Å². The molecule has 2 unspecified atom stereocenters. The van der Waals surface area contributed by atoms with E-state index in [4.69, 9.17) is 16.6 Å². The second kappa shape index (κ2) is 6.78. The van der Waals surface area contributed by atoms with Crippen molar-refractivity contribution in [3.63, 3.8) is 0 Å². The molecule has 7 nitrogen and oxygen atoms in total. The molecule has 0 heterocycles. The van der Waals surface area contributed by atoms with Gasteiger partial charge in [0.2, 0.25) is 11.8 Å². The molecule has 0 fully saturated rings. The average Bonchev–Trinajstić information content (AvgIpc) is 2.12. The van der Waals surface area contributed by atoms with Gasteiger partial charge in [0.1, 0.15) is 6.04 Å². The van der Waals surface area contributed by atoms with Crippen LogP contribution in [0.1, 0.15) is 26.2 Å². The van der Waals surface area contributed by atoms with Gasteiger partial charge in [-0.1, -0.05) is 0 Å². The third-order valence-electron chi connectivity index (χ3n) is 1.87. The lowest BCUT2D eigenvalue weighted by Crippen LogP contribution is -2.43. The Bertz CT molecular complexity index is 278. The van der Waals surface area contributed by atoms with E-state index in [0.717, 1.165) is 0 Å². The van der Waals surface area contributed by atoms with Crippen LogP contribution in [0.5, 0.6) is 0 Å². The van der Waals surface area contributed by atoms with Crippen LogP contribution < -0.4 is 16.8 Å². The minimum atomic E-state index is -1.28. The van der Waals surface area contributed by atoms with Gasteiger partial charge in [-0.2, -0.15) is 0 Å². The van der Waals surface area contributed by atoms with Crippen molar-refractivity contribution in [3.05, 3.63) is 0 Å². The average molecular weight is 231 g/mol. The van der Waals surface area contributed by atoms with Gasteiger partial charge < -0.3 is 21.9 Å². The van der Waals surface area contributed by atoms with Crippen LogP contribution in [0.25, 0.3) is 0 Å². The number of carbonyl (C=O) groups is 3. The van der Waals surface area contributed by atoms with Gasteiger partial charge in [-0.05, 0) is 13.3 Å². The lowest BCUT2D eigenvalue weighted by Gasteiger charge is -2.13. The van der Waals surface area contributed by atoms with Crippen molar-refractivity contribution >= 4 is 17.8 Å². The molecule has 6 N–H and O–H groups in total. The molecule has 0 bridgehead atoms. The molecule has 0 radical (unpaired) electrons. The number of hydrogen-bond donors (Lipinski definition) is 4. The fraction of sp³-hybridized carbons (Fsp3) is 0.667. The highest BCUT2D eigenvalue weighted by Crippen LogP contribution is 1.97. The summed E-state index contributed by atoms with van der Waals surface area (Å²) < 4.78 is 0. The van der Waals surface area contributed by atoms with Crippen molar-refractivity contribution in [1.29, 1.82) is 0 Å². The predicted molar refractivity (Wildman–Crippen MR) is 56.3 cm³/mol. The maximum Gasteiger partial charge on any atom is 0.326 e. The molecular formula is C9H17N3O4. The summed E-state index contributed by atoms with van der Waals surface area (Å²) >= 11 is 0. The summed E-state index contributed by atoms with van der Waals surface area (Å²) in [4.78, 5) is 32.5. The largest absolute Gasteiger partial charge is 0.480 e. The molecule has 0 aromatic rings. The van der Waals surface area contributed by atoms with E-state index in [1.165, 1.54) is 0 Å². The van der Waals surface area contributed by atoms with Crippen LogP contribution in [0.3, 0.4) is 0 Å². The molecule has 0 aliphatic rings. The Morgan fingerprint density at radius 2 is 1.94 bits per heavy atom.